The molecule has 0 aromatic heterocycles. The molecule has 4 nitrogen and oxygen atoms in total. The zero-order chi connectivity index (χ0) is 13.0. The quantitative estimate of drug-likeness (QED) is 0.918. The summed E-state index contributed by atoms with van der Waals surface area (Å²) in [7, 11) is 2.97. The first-order valence-electron chi connectivity index (χ1n) is 4.87. The fraction of sp³-hybridized carbons (Fsp3) is 0.273. The Kier molecular flexibility index (Phi) is 4.62. The van der Waals surface area contributed by atoms with Crippen molar-refractivity contribution in [3.8, 4) is 0 Å². The Morgan fingerprint density at radius 2 is 2.12 bits per heavy atom. The maximum Gasteiger partial charge on any atom is 0.255 e. The first-order chi connectivity index (χ1) is 7.97. The Labute approximate surface area is 107 Å². The summed E-state index contributed by atoms with van der Waals surface area (Å²) in [6.45, 7) is -0.0711. The number of halogens is 2. The fourth-order valence-corrected chi connectivity index (χ4v) is 1.67. The molecule has 0 aliphatic carbocycles. The van der Waals surface area contributed by atoms with Gasteiger partial charge in [0, 0.05) is 14.1 Å². The van der Waals surface area contributed by atoms with Gasteiger partial charge in [-0.2, -0.15) is 0 Å². The van der Waals surface area contributed by atoms with Gasteiger partial charge in [0.05, 0.1) is 16.6 Å². The molecule has 0 aliphatic rings. The minimum absolute atomic E-state index is 0.0711. The van der Waals surface area contributed by atoms with Crippen molar-refractivity contribution in [3.05, 3.63) is 34.1 Å². The summed E-state index contributed by atoms with van der Waals surface area (Å²) in [4.78, 5) is 24.3. The molecule has 92 valence electrons. The van der Waals surface area contributed by atoms with Gasteiger partial charge in [-0.15, -0.1) is 0 Å². The van der Waals surface area contributed by atoms with Gasteiger partial charge in [0.1, 0.15) is 5.82 Å². The van der Waals surface area contributed by atoms with Gasteiger partial charge < -0.3 is 10.2 Å². The highest BCUT2D eigenvalue weighted by atomic mass is 79.9. The summed E-state index contributed by atoms with van der Waals surface area (Å²) in [5, 5.41) is 2.41. The predicted molar refractivity (Wildman–Crippen MR) is 65.1 cm³/mol. The number of rotatable bonds is 3. The van der Waals surface area contributed by atoms with Crippen molar-refractivity contribution in [2.45, 2.75) is 0 Å². The highest BCUT2D eigenvalue weighted by Gasteiger charge is 2.18. The van der Waals surface area contributed by atoms with Crippen LogP contribution in [0.1, 0.15) is 10.4 Å². The molecule has 0 heterocycles. The lowest BCUT2D eigenvalue weighted by Crippen LogP contribution is -2.37. The van der Waals surface area contributed by atoms with E-state index in [4.69, 9.17) is 0 Å². The van der Waals surface area contributed by atoms with Gasteiger partial charge in [0.15, 0.2) is 0 Å². The third-order valence-corrected chi connectivity index (χ3v) is 2.99. The van der Waals surface area contributed by atoms with Gasteiger partial charge >= 0.3 is 0 Å². The van der Waals surface area contributed by atoms with Crippen molar-refractivity contribution < 1.29 is 14.0 Å². The normalized spacial score (nSPS) is 9.88. The van der Waals surface area contributed by atoms with Crippen LogP contribution < -0.4 is 5.32 Å². The SMILES string of the molecule is CNC(=O)CN(C)C(=O)c1cccc(F)c1Br. The summed E-state index contributed by atoms with van der Waals surface area (Å²) in [6.07, 6.45) is 0. The third kappa shape index (κ3) is 3.26. The van der Waals surface area contributed by atoms with Crippen molar-refractivity contribution in [3.63, 3.8) is 0 Å². The van der Waals surface area contributed by atoms with E-state index in [1.165, 1.54) is 37.2 Å². The van der Waals surface area contributed by atoms with Gasteiger partial charge in [0.2, 0.25) is 5.91 Å². The molecule has 1 rings (SSSR count). The van der Waals surface area contributed by atoms with Crippen LogP contribution in [-0.4, -0.2) is 37.4 Å². The number of carbonyl (C=O) groups excluding carboxylic acids is 2. The highest BCUT2D eigenvalue weighted by molar-refractivity contribution is 9.10. The maximum atomic E-state index is 13.2. The third-order valence-electron chi connectivity index (χ3n) is 2.19. The van der Waals surface area contributed by atoms with Crippen LogP contribution in [0.25, 0.3) is 0 Å². The highest BCUT2D eigenvalue weighted by Crippen LogP contribution is 2.21. The Morgan fingerprint density at radius 3 is 2.71 bits per heavy atom. The predicted octanol–water partition coefficient (Wildman–Crippen LogP) is 1.41. The zero-order valence-corrected chi connectivity index (χ0v) is 11.0. The molecule has 0 saturated heterocycles. The molecule has 0 radical (unpaired) electrons. The van der Waals surface area contributed by atoms with Gasteiger partial charge in [-0.3, -0.25) is 9.59 Å². The summed E-state index contributed by atoms with van der Waals surface area (Å²) in [6, 6.07) is 4.19. The number of hydrogen-bond acceptors (Lipinski definition) is 2. The monoisotopic (exact) mass is 302 g/mol. The van der Waals surface area contributed by atoms with Crippen molar-refractivity contribution in [2.24, 2.45) is 0 Å². The van der Waals surface area contributed by atoms with Crippen LogP contribution in [-0.2, 0) is 4.79 Å². The number of nitrogens with one attached hydrogen (secondary N) is 1. The molecular weight excluding hydrogens is 291 g/mol. The molecular formula is C11H12BrFN2O2. The average molecular weight is 303 g/mol. The van der Waals surface area contributed by atoms with E-state index in [-0.39, 0.29) is 22.5 Å². The summed E-state index contributed by atoms with van der Waals surface area (Å²) in [5.74, 6) is -1.21. The smallest absolute Gasteiger partial charge is 0.255 e. The van der Waals surface area contributed by atoms with Crippen LogP contribution in [0.2, 0.25) is 0 Å². The number of amides is 2. The number of likely N-dealkylation sites (N-methyl/N-ethyl adjacent to an activating group) is 2. The number of nitrogens with zero attached hydrogens (tertiary/aromatic N) is 1. The first-order valence-corrected chi connectivity index (χ1v) is 5.66. The first kappa shape index (κ1) is 13.6. The second kappa shape index (κ2) is 5.77. The van der Waals surface area contributed by atoms with E-state index in [2.05, 4.69) is 21.2 Å². The van der Waals surface area contributed by atoms with Crippen LogP contribution in [0, 0.1) is 5.82 Å². The lowest BCUT2D eigenvalue weighted by Gasteiger charge is -2.16. The van der Waals surface area contributed by atoms with Crippen molar-refractivity contribution >= 4 is 27.7 Å². The van der Waals surface area contributed by atoms with Crippen molar-refractivity contribution in [1.29, 1.82) is 0 Å². The summed E-state index contributed by atoms with van der Waals surface area (Å²) < 4.78 is 13.3. The second-order valence-corrected chi connectivity index (χ2v) is 4.23. The van der Waals surface area contributed by atoms with E-state index < -0.39 is 11.7 Å². The lowest BCUT2D eigenvalue weighted by atomic mass is 10.2. The van der Waals surface area contributed by atoms with E-state index in [0.29, 0.717) is 0 Å². The number of carbonyl (C=O) groups is 2. The average Bonchev–Trinajstić information content (AvgIpc) is 2.31. The summed E-state index contributed by atoms with van der Waals surface area (Å²) in [5.41, 5.74) is 0.191. The van der Waals surface area contributed by atoms with E-state index in [1.54, 1.807) is 0 Å². The zero-order valence-electron chi connectivity index (χ0n) is 9.46. The molecule has 0 aliphatic heterocycles. The van der Waals surface area contributed by atoms with Crippen LogP contribution >= 0.6 is 15.9 Å². The largest absolute Gasteiger partial charge is 0.358 e. The van der Waals surface area contributed by atoms with Gasteiger partial charge in [-0.1, -0.05) is 6.07 Å². The molecule has 1 aromatic rings. The minimum Gasteiger partial charge on any atom is -0.358 e. The molecule has 2 amide bonds. The van der Waals surface area contributed by atoms with E-state index in [1.807, 2.05) is 0 Å². The molecule has 1 aromatic carbocycles. The second-order valence-electron chi connectivity index (χ2n) is 3.44. The van der Waals surface area contributed by atoms with E-state index in [0.717, 1.165) is 0 Å². The molecule has 0 spiro atoms. The Balaban J connectivity index is 2.89. The van der Waals surface area contributed by atoms with E-state index in [9.17, 15) is 14.0 Å². The van der Waals surface area contributed by atoms with Crippen LogP contribution in [0.3, 0.4) is 0 Å². The molecule has 0 fully saturated rings. The lowest BCUT2D eigenvalue weighted by molar-refractivity contribution is -0.121. The Morgan fingerprint density at radius 1 is 1.47 bits per heavy atom. The van der Waals surface area contributed by atoms with Crippen molar-refractivity contribution in [1.82, 2.24) is 10.2 Å². The topological polar surface area (TPSA) is 49.4 Å². The summed E-state index contributed by atoms with van der Waals surface area (Å²) >= 11 is 3.01. The van der Waals surface area contributed by atoms with Crippen LogP contribution in [0.15, 0.2) is 22.7 Å². The minimum atomic E-state index is -0.510. The standard InChI is InChI=1S/C11H12BrFN2O2/c1-14-9(16)6-15(2)11(17)7-4-3-5-8(13)10(7)12/h3-5H,6H2,1-2H3,(H,14,16). The molecule has 0 saturated carbocycles. The number of hydrogen-bond donors (Lipinski definition) is 1. The molecule has 1 N–H and O–H groups in total. The van der Waals surface area contributed by atoms with Crippen LogP contribution in [0.5, 0.6) is 0 Å². The van der Waals surface area contributed by atoms with Gasteiger partial charge in [0.25, 0.3) is 5.91 Å². The molecule has 0 atom stereocenters. The Hall–Kier alpha value is -1.43. The number of benzene rings is 1. The Bertz CT molecular complexity index is 451. The molecule has 0 unspecified atom stereocenters. The van der Waals surface area contributed by atoms with Crippen molar-refractivity contribution in [2.75, 3.05) is 20.6 Å². The fourth-order valence-electron chi connectivity index (χ4n) is 1.24. The van der Waals surface area contributed by atoms with Crippen LogP contribution in [0.4, 0.5) is 4.39 Å². The molecule has 6 heteroatoms. The van der Waals surface area contributed by atoms with Gasteiger partial charge in [-0.25, -0.2) is 4.39 Å². The van der Waals surface area contributed by atoms with E-state index >= 15 is 0 Å². The molecule has 0 bridgehead atoms. The maximum absolute atomic E-state index is 13.2. The van der Waals surface area contributed by atoms with Gasteiger partial charge in [-0.05, 0) is 28.1 Å². The molecule has 17 heavy (non-hydrogen) atoms.